The molecule has 0 radical (unpaired) electrons. The average molecular weight is 394 g/mol. The summed E-state index contributed by atoms with van der Waals surface area (Å²) in [7, 11) is 0. The van der Waals surface area contributed by atoms with Gasteiger partial charge in [-0.2, -0.15) is 0 Å². The minimum Gasteiger partial charge on any atom is -0.479 e. The molecular formula is C22H26N4O3. The number of hydrogen-bond acceptors (Lipinski definition) is 5. The van der Waals surface area contributed by atoms with E-state index < -0.39 is 6.10 Å². The highest BCUT2D eigenvalue weighted by molar-refractivity contribution is 6.05. The monoisotopic (exact) mass is 394 g/mol. The maximum Gasteiger partial charge on any atom is 0.267 e. The Hall–Kier alpha value is -2.93. The number of nitrogens with one attached hydrogen (secondary N) is 1. The Bertz CT molecular complexity index is 881. The highest BCUT2D eigenvalue weighted by Crippen LogP contribution is 2.36. The lowest BCUT2D eigenvalue weighted by molar-refractivity contribution is -0.125. The van der Waals surface area contributed by atoms with E-state index in [-0.39, 0.29) is 11.8 Å². The van der Waals surface area contributed by atoms with E-state index in [2.05, 4.69) is 15.2 Å². The number of likely N-dealkylation sites (tertiary alicyclic amines) is 1. The Morgan fingerprint density at radius 2 is 1.90 bits per heavy atom. The molecule has 2 aromatic rings. The summed E-state index contributed by atoms with van der Waals surface area (Å²) >= 11 is 0. The van der Waals surface area contributed by atoms with Crippen molar-refractivity contribution in [2.75, 3.05) is 36.4 Å². The number of nitrogens with zero attached hydrogens (tertiary/aromatic N) is 3. The molecule has 2 aliphatic heterocycles. The normalized spacial score (nSPS) is 19.4. The van der Waals surface area contributed by atoms with Gasteiger partial charge in [0.05, 0.1) is 5.69 Å². The van der Waals surface area contributed by atoms with Crippen LogP contribution in [0.4, 0.5) is 11.4 Å². The van der Waals surface area contributed by atoms with E-state index >= 15 is 0 Å². The number of carbonyl (C=O) groups is 2. The first kappa shape index (κ1) is 19.4. The van der Waals surface area contributed by atoms with Gasteiger partial charge >= 0.3 is 0 Å². The number of amides is 2. The zero-order valence-corrected chi connectivity index (χ0v) is 16.6. The maximum absolute atomic E-state index is 12.8. The van der Waals surface area contributed by atoms with Gasteiger partial charge in [0.1, 0.15) is 5.75 Å². The number of anilines is 2. The van der Waals surface area contributed by atoms with Crippen LogP contribution in [0.3, 0.4) is 0 Å². The van der Waals surface area contributed by atoms with Crippen molar-refractivity contribution in [2.45, 2.75) is 32.3 Å². The Morgan fingerprint density at radius 1 is 1.14 bits per heavy atom. The lowest BCUT2D eigenvalue weighted by Crippen LogP contribution is -2.48. The minimum absolute atomic E-state index is 0.0490. The van der Waals surface area contributed by atoms with Gasteiger partial charge < -0.3 is 19.9 Å². The summed E-state index contributed by atoms with van der Waals surface area (Å²) in [5, 5.41) is 2.89. The van der Waals surface area contributed by atoms with Crippen molar-refractivity contribution < 1.29 is 14.3 Å². The van der Waals surface area contributed by atoms with E-state index in [0.29, 0.717) is 29.2 Å². The second-order valence-corrected chi connectivity index (χ2v) is 7.52. The number of aromatic nitrogens is 1. The molecule has 0 bridgehead atoms. The van der Waals surface area contributed by atoms with Crippen molar-refractivity contribution in [3.8, 4) is 5.75 Å². The van der Waals surface area contributed by atoms with Crippen LogP contribution >= 0.6 is 0 Å². The molecule has 3 heterocycles. The quantitative estimate of drug-likeness (QED) is 0.844. The van der Waals surface area contributed by atoms with E-state index in [1.165, 1.54) is 19.3 Å². The molecule has 7 nitrogen and oxygen atoms in total. The zero-order chi connectivity index (χ0) is 20.2. The van der Waals surface area contributed by atoms with Crippen molar-refractivity contribution in [1.82, 2.24) is 9.88 Å². The van der Waals surface area contributed by atoms with Crippen molar-refractivity contribution in [1.29, 1.82) is 0 Å². The van der Waals surface area contributed by atoms with Crippen LogP contribution in [-0.2, 0) is 4.79 Å². The summed E-state index contributed by atoms with van der Waals surface area (Å²) in [6.07, 6.45) is 6.37. The Kier molecular flexibility index (Phi) is 5.76. The highest BCUT2D eigenvalue weighted by Gasteiger charge is 2.32. The molecule has 0 saturated carbocycles. The number of ether oxygens (including phenoxy) is 1. The van der Waals surface area contributed by atoms with Crippen molar-refractivity contribution in [3.05, 3.63) is 48.3 Å². The largest absolute Gasteiger partial charge is 0.479 e. The molecule has 1 fully saturated rings. The molecule has 29 heavy (non-hydrogen) atoms. The Balaban J connectivity index is 1.52. The molecule has 1 N–H and O–H groups in total. The topological polar surface area (TPSA) is 74.8 Å². The van der Waals surface area contributed by atoms with E-state index in [9.17, 15) is 9.59 Å². The first-order valence-corrected chi connectivity index (χ1v) is 10.2. The molecule has 0 spiro atoms. The second-order valence-electron chi connectivity index (χ2n) is 7.52. The van der Waals surface area contributed by atoms with Crippen molar-refractivity contribution >= 4 is 23.2 Å². The number of hydrogen-bond donors (Lipinski definition) is 1. The fourth-order valence-corrected chi connectivity index (χ4v) is 3.85. The molecule has 1 aromatic heterocycles. The smallest absolute Gasteiger partial charge is 0.267 e. The van der Waals surface area contributed by atoms with Crippen LogP contribution in [0, 0.1) is 0 Å². The van der Waals surface area contributed by atoms with Gasteiger partial charge in [0.25, 0.3) is 11.8 Å². The second kappa shape index (κ2) is 8.61. The molecule has 1 atom stereocenters. The predicted octanol–water partition coefficient (Wildman–Crippen LogP) is 2.93. The number of piperidine rings is 1. The van der Waals surface area contributed by atoms with Crippen LogP contribution < -0.4 is 15.0 Å². The van der Waals surface area contributed by atoms with E-state index in [1.807, 2.05) is 12.1 Å². The zero-order valence-electron chi connectivity index (χ0n) is 16.6. The number of fused-ring (bicyclic) bond motifs is 1. The number of pyridine rings is 1. The standard InChI is InChI=1S/C22H26N4O3/c1-16-22(28)26(14-13-25-11-3-2-4-12-25)19-15-18(5-6-20(19)29-16)24-21(27)17-7-9-23-10-8-17/h5-10,15-16H,2-4,11-14H2,1H3,(H,24,27). The Labute approximate surface area is 170 Å². The van der Waals surface area contributed by atoms with E-state index in [4.69, 9.17) is 4.74 Å². The van der Waals surface area contributed by atoms with Crippen LogP contribution in [0.1, 0.15) is 36.5 Å². The van der Waals surface area contributed by atoms with E-state index in [1.54, 1.807) is 42.4 Å². The van der Waals surface area contributed by atoms with Gasteiger partial charge in [0.15, 0.2) is 6.10 Å². The van der Waals surface area contributed by atoms with Gasteiger partial charge in [0, 0.05) is 36.7 Å². The van der Waals surface area contributed by atoms with Crippen LogP contribution in [0.5, 0.6) is 5.75 Å². The van der Waals surface area contributed by atoms with Gasteiger partial charge in [-0.3, -0.25) is 14.6 Å². The third kappa shape index (κ3) is 4.40. The molecule has 2 amide bonds. The SMILES string of the molecule is CC1Oc2ccc(NC(=O)c3ccncc3)cc2N(CCN2CCCCC2)C1=O. The summed E-state index contributed by atoms with van der Waals surface area (Å²) in [6, 6.07) is 8.74. The molecule has 1 saturated heterocycles. The van der Waals surface area contributed by atoms with Gasteiger partial charge in [-0.05, 0) is 63.2 Å². The lowest BCUT2D eigenvalue weighted by Gasteiger charge is -2.35. The number of benzene rings is 1. The highest BCUT2D eigenvalue weighted by atomic mass is 16.5. The lowest BCUT2D eigenvalue weighted by atomic mass is 10.1. The third-order valence-corrected chi connectivity index (χ3v) is 5.46. The van der Waals surface area contributed by atoms with E-state index in [0.717, 1.165) is 19.6 Å². The molecule has 4 rings (SSSR count). The summed E-state index contributed by atoms with van der Waals surface area (Å²) in [5.74, 6) is 0.397. The summed E-state index contributed by atoms with van der Waals surface area (Å²) in [4.78, 5) is 33.4. The van der Waals surface area contributed by atoms with Gasteiger partial charge in [0.2, 0.25) is 0 Å². The van der Waals surface area contributed by atoms with Gasteiger partial charge in [-0.25, -0.2) is 0 Å². The van der Waals surface area contributed by atoms with Crippen LogP contribution in [0.25, 0.3) is 0 Å². The third-order valence-electron chi connectivity index (χ3n) is 5.46. The molecule has 1 unspecified atom stereocenters. The van der Waals surface area contributed by atoms with Crippen molar-refractivity contribution in [2.24, 2.45) is 0 Å². The maximum atomic E-state index is 12.8. The number of carbonyl (C=O) groups excluding carboxylic acids is 2. The Morgan fingerprint density at radius 3 is 2.66 bits per heavy atom. The summed E-state index contributed by atoms with van der Waals surface area (Å²) in [5.41, 5.74) is 1.86. The molecule has 152 valence electrons. The van der Waals surface area contributed by atoms with Gasteiger partial charge in [-0.1, -0.05) is 6.42 Å². The number of rotatable bonds is 5. The minimum atomic E-state index is -0.513. The molecule has 7 heteroatoms. The first-order valence-electron chi connectivity index (χ1n) is 10.2. The van der Waals surface area contributed by atoms with Crippen molar-refractivity contribution in [3.63, 3.8) is 0 Å². The molecule has 1 aromatic carbocycles. The van der Waals surface area contributed by atoms with Crippen LogP contribution in [0.15, 0.2) is 42.7 Å². The average Bonchev–Trinajstić information content (AvgIpc) is 2.76. The fourth-order valence-electron chi connectivity index (χ4n) is 3.85. The summed E-state index contributed by atoms with van der Waals surface area (Å²) < 4.78 is 5.78. The first-order chi connectivity index (χ1) is 14.1. The summed E-state index contributed by atoms with van der Waals surface area (Å²) in [6.45, 7) is 5.40. The molecular weight excluding hydrogens is 368 g/mol. The molecule has 0 aliphatic carbocycles. The predicted molar refractivity (Wildman–Crippen MR) is 111 cm³/mol. The van der Waals surface area contributed by atoms with Crippen LogP contribution in [0.2, 0.25) is 0 Å². The molecule has 2 aliphatic rings. The van der Waals surface area contributed by atoms with Gasteiger partial charge in [-0.15, -0.1) is 0 Å². The fraction of sp³-hybridized carbons (Fsp3) is 0.409. The van der Waals surface area contributed by atoms with Crippen LogP contribution in [-0.4, -0.2) is 54.0 Å².